The summed E-state index contributed by atoms with van der Waals surface area (Å²) < 4.78 is 146. The summed E-state index contributed by atoms with van der Waals surface area (Å²) in [5.74, 6) is -9.55. The van der Waals surface area contributed by atoms with Gasteiger partial charge in [0, 0.05) is 42.1 Å². The second-order valence-corrected chi connectivity index (χ2v) is 17.7. The van der Waals surface area contributed by atoms with Crippen LogP contribution in [-0.4, -0.2) is 54.7 Å². The first kappa shape index (κ1) is 42.9. The first-order valence-corrected chi connectivity index (χ1v) is 21.4. The third kappa shape index (κ3) is 7.50. The highest BCUT2D eigenvalue weighted by Crippen LogP contribution is 2.68. The zero-order valence-electron chi connectivity index (χ0n) is 32.9. The van der Waals surface area contributed by atoms with Gasteiger partial charge in [0.25, 0.3) is 24.3 Å². The summed E-state index contributed by atoms with van der Waals surface area (Å²) in [5, 5.41) is 10.4. The predicted molar refractivity (Wildman–Crippen MR) is 216 cm³/mol. The fourth-order valence-corrected chi connectivity index (χ4v) is 9.19. The van der Waals surface area contributed by atoms with Crippen molar-refractivity contribution in [3.8, 4) is 16.9 Å². The Morgan fingerprint density at radius 1 is 0.969 bits per heavy atom. The van der Waals surface area contributed by atoms with Crippen molar-refractivity contribution in [2.24, 2.45) is 13.0 Å². The molecule has 1 saturated carbocycles. The number of aryl methyl sites for hydroxylation is 1. The number of alkyl halides is 6. The minimum Gasteiger partial charge on any atom is -0.344 e. The molecule has 7 aromatic rings. The number of hydrogen-bond donors (Lipinski definition) is 2. The summed E-state index contributed by atoms with van der Waals surface area (Å²) in [6.07, 6.45) is -5.82. The molecule has 0 unspecified atom stereocenters. The van der Waals surface area contributed by atoms with Gasteiger partial charge in [-0.25, -0.2) is 44.7 Å². The first-order chi connectivity index (χ1) is 30.2. The van der Waals surface area contributed by atoms with Gasteiger partial charge in [-0.05, 0) is 60.4 Å². The van der Waals surface area contributed by atoms with Crippen LogP contribution in [0.1, 0.15) is 65.1 Å². The Hall–Kier alpha value is -6.42. The summed E-state index contributed by atoms with van der Waals surface area (Å²) in [4.78, 5) is 38.3. The van der Waals surface area contributed by atoms with Gasteiger partial charge >= 0.3 is 0 Å². The number of pyridine rings is 1. The third-order valence-corrected chi connectivity index (χ3v) is 12.0. The van der Waals surface area contributed by atoms with E-state index in [2.05, 4.69) is 25.2 Å². The number of benzene rings is 3. The van der Waals surface area contributed by atoms with Crippen LogP contribution >= 0.6 is 11.6 Å². The van der Waals surface area contributed by atoms with Gasteiger partial charge in [-0.2, -0.15) is 19.0 Å². The number of carbonyl (C=O) groups excluding carboxylic acids is 1. The van der Waals surface area contributed by atoms with Crippen molar-refractivity contribution >= 4 is 55.3 Å². The molecule has 4 heterocycles. The topological polar surface area (TPSA) is 159 Å². The van der Waals surface area contributed by atoms with E-state index in [4.69, 9.17) is 16.6 Å². The Labute approximate surface area is 360 Å². The number of rotatable bonds is 12. The Morgan fingerprint density at radius 2 is 1.70 bits per heavy atom. The number of aromatic nitrogens is 7. The summed E-state index contributed by atoms with van der Waals surface area (Å²) in [6, 6.07) is 11.4. The number of carbonyl (C=O) groups is 1. The number of hydrogen-bond acceptors (Lipinski definition) is 8. The third-order valence-electron chi connectivity index (χ3n) is 11.1. The standard InChI is InChI=1S/C41H30ClF8N9O4S/c1-57-33-28(9-7-25(42)31(33)38(55-57)56-64(2,62)63)59-39(53-37-22(40(59)61)6-8-26(52-37)18-4-3-5-19(13-18)35(45)46)27(12-17-10-20(43)14-21(44)11-17)51-29(60)16-58-34-30(32(54-58)36(47)48)23-15-24(23)41(34,49)50/h3-11,13-14,23-24,27,35-36H,12,15-16H2,1-2H3,(H,51,60)(H,55,56)/t23-,24+,27-/m0/s1. The van der Waals surface area contributed by atoms with Crippen LogP contribution in [0.2, 0.25) is 5.02 Å². The Bertz CT molecular complexity index is 3250. The molecule has 13 nitrogen and oxygen atoms in total. The van der Waals surface area contributed by atoms with Crippen LogP contribution in [0.4, 0.5) is 40.9 Å². The highest BCUT2D eigenvalue weighted by atomic mass is 35.5. The van der Waals surface area contributed by atoms with Gasteiger partial charge in [0.15, 0.2) is 11.5 Å². The van der Waals surface area contributed by atoms with Gasteiger partial charge in [0.05, 0.1) is 45.0 Å². The molecule has 64 heavy (non-hydrogen) atoms. The maximum Gasteiger partial charge on any atom is 0.293 e. The van der Waals surface area contributed by atoms with Crippen molar-refractivity contribution in [3.05, 3.63) is 128 Å². The predicted octanol–water partition coefficient (Wildman–Crippen LogP) is 8.02. The van der Waals surface area contributed by atoms with Gasteiger partial charge < -0.3 is 5.32 Å². The van der Waals surface area contributed by atoms with E-state index >= 15 is 8.78 Å². The van der Waals surface area contributed by atoms with Crippen molar-refractivity contribution in [2.75, 3.05) is 11.0 Å². The van der Waals surface area contributed by atoms with Gasteiger partial charge in [-0.1, -0.05) is 29.8 Å². The molecule has 1 amide bonds. The van der Waals surface area contributed by atoms with E-state index in [0.717, 1.165) is 23.0 Å². The number of anilines is 1. The maximum absolute atomic E-state index is 15.5. The van der Waals surface area contributed by atoms with Crippen LogP contribution in [0, 0.1) is 17.6 Å². The first-order valence-electron chi connectivity index (χ1n) is 19.2. The average Bonchev–Trinajstić information content (AvgIpc) is 3.75. The summed E-state index contributed by atoms with van der Waals surface area (Å²) in [7, 11) is -2.56. The summed E-state index contributed by atoms with van der Waals surface area (Å²) in [6.45, 7) is -1.05. The van der Waals surface area contributed by atoms with E-state index in [1.807, 2.05) is 0 Å². The lowest BCUT2D eigenvalue weighted by Crippen LogP contribution is -2.38. The largest absolute Gasteiger partial charge is 0.344 e. The minimum atomic E-state index is -3.96. The molecule has 4 aromatic heterocycles. The zero-order valence-corrected chi connectivity index (χ0v) is 34.5. The van der Waals surface area contributed by atoms with E-state index in [1.165, 1.54) is 60.3 Å². The van der Waals surface area contributed by atoms with E-state index in [9.17, 15) is 44.3 Å². The van der Waals surface area contributed by atoms with E-state index < -0.39 is 100.0 Å². The zero-order chi connectivity index (χ0) is 45.7. The highest BCUT2D eigenvalue weighted by Gasteiger charge is 2.67. The van der Waals surface area contributed by atoms with Crippen molar-refractivity contribution < 1.29 is 48.3 Å². The molecule has 23 heteroatoms. The second-order valence-electron chi connectivity index (χ2n) is 15.5. The lowest BCUT2D eigenvalue weighted by molar-refractivity contribution is -0.123. The van der Waals surface area contributed by atoms with Crippen LogP contribution in [0.3, 0.4) is 0 Å². The van der Waals surface area contributed by atoms with Crippen LogP contribution in [-0.2, 0) is 40.8 Å². The molecular weight excluding hydrogens is 902 g/mol. The number of amides is 1. The van der Waals surface area contributed by atoms with E-state index in [0.29, 0.717) is 10.7 Å². The number of halogens is 9. The smallest absolute Gasteiger partial charge is 0.293 e. The Kier molecular flexibility index (Phi) is 10.3. The summed E-state index contributed by atoms with van der Waals surface area (Å²) in [5.41, 5.74) is -3.45. The van der Waals surface area contributed by atoms with E-state index in [1.54, 1.807) is 0 Å². The number of nitrogens with zero attached hydrogens (tertiary/aromatic N) is 7. The second kappa shape index (κ2) is 15.4. The van der Waals surface area contributed by atoms with Gasteiger partial charge in [-0.15, -0.1) is 0 Å². The van der Waals surface area contributed by atoms with Crippen molar-refractivity contribution in [1.29, 1.82) is 0 Å². The lowest BCUT2D eigenvalue weighted by atomic mass is 10.0. The molecule has 9 rings (SSSR count). The highest BCUT2D eigenvalue weighted by molar-refractivity contribution is 7.92. The van der Waals surface area contributed by atoms with Crippen LogP contribution < -0.4 is 15.6 Å². The molecule has 2 aliphatic rings. The number of sulfonamides is 1. The minimum absolute atomic E-state index is 0.00607. The van der Waals surface area contributed by atoms with Gasteiger partial charge in [-0.3, -0.25) is 28.2 Å². The number of fused-ring (bicyclic) bond motifs is 5. The molecule has 2 N–H and O–H groups in total. The molecule has 0 saturated heterocycles. The molecule has 0 radical (unpaired) electrons. The molecule has 0 bridgehead atoms. The fourth-order valence-electron chi connectivity index (χ4n) is 8.46. The van der Waals surface area contributed by atoms with Crippen molar-refractivity contribution in [2.45, 2.75) is 50.1 Å². The molecule has 3 aromatic carbocycles. The lowest BCUT2D eigenvalue weighted by Gasteiger charge is -2.24. The quantitative estimate of drug-likeness (QED) is 0.117. The fraction of sp³-hybridized carbons (Fsp3) is 0.268. The van der Waals surface area contributed by atoms with Crippen LogP contribution in [0.15, 0.2) is 71.5 Å². The molecular formula is C41H30ClF8N9O4S. The normalized spacial score (nSPS) is 17.0. The molecule has 0 spiro atoms. The van der Waals surface area contributed by atoms with Crippen molar-refractivity contribution in [3.63, 3.8) is 0 Å². The average molecular weight is 932 g/mol. The van der Waals surface area contributed by atoms with Gasteiger partial charge in [0.1, 0.15) is 35.4 Å². The Morgan fingerprint density at radius 3 is 2.39 bits per heavy atom. The molecule has 2 aliphatic carbocycles. The van der Waals surface area contributed by atoms with Gasteiger partial charge in [0.2, 0.25) is 15.9 Å². The van der Waals surface area contributed by atoms with Crippen molar-refractivity contribution in [1.82, 2.24) is 39.4 Å². The summed E-state index contributed by atoms with van der Waals surface area (Å²) >= 11 is 6.60. The van der Waals surface area contributed by atoms with E-state index in [-0.39, 0.29) is 72.8 Å². The van der Waals surface area contributed by atoms with Crippen LogP contribution in [0.25, 0.3) is 38.9 Å². The van der Waals surface area contributed by atoms with Crippen LogP contribution in [0.5, 0.6) is 0 Å². The molecule has 332 valence electrons. The molecule has 3 atom stereocenters. The maximum atomic E-state index is 15.5. The number of nitrogens with one attached hydrogen (secondary N) is 2. The molecule has 0 aliphatic heterocycles. The SMILES string of the molecule is Cn1nc(NS(C)(=O)=O)c2c(Cl)ccc(-n3c([C@H](Cc4cc(F)cc(F)c4)NC(=O)Cn4nc(C(F)F)c5c4C(F)(F)[C@@H]4C[C@H]54)nc4nc(-c5cccc(C(F)F)c5)ccc4c3=O)c21. The monoisotopic (exact) mass is 931 g/mol. The molecule has 1 fully saturated rings. The Balaban J connectivity index is 1.26.